The SMILES string of the molecule is CS(=O)(=O)NCCNc1nc2c(cnn2-c2ccccc2)c(=O)[nH]1. The number of fused-ring (bicyclic) bond motifs is 1. The molecule has 0 aliphatic heterocycles. The van der Waals surface area contributed by atoms with E-state index in [0.29, 0.717) is 11.0 Å². The van der Waals surface area contributed by atoms with E-state index in [2.05, 4.69) is 25.1 Å². The maximum Gasteiger partial charge on any atom is 0.263 e. The summed E-state index contributed by atoms with van der Waals surface area (Å²) in [6, 6.07) is 9.34. The Bertz CT molecular complexity index is 1010. The lowest BCUT2D eigenvalue weighted by Gasteiger charge is -2.07. The maximum absolute atomic E-state index is 12.1. The van der Waals surface area contributed by atoms with Gasteiger partial charge >= 0.3 is 0 Å². The van der Waals surface area contributed by atoms with E-state index in [-0.39, 0.29) is 24.6 Å². The molecule has 24 heavy (non-hydrogen) atoms. The number of sulfonamides is 1. The van der Waals surface area contributed by atoms with Crippen molar-refractivity contribution in [2.45, 2.75) is 0 Å². The van der Waals surface area contributed by atoms with Crippen molar-refractivity contribution in [2.24, 2.45) is 0 Å². The van der Waals surface area contributed by atoms with Crippen LogP contribution in [-0.4, -0.2) is 47.5 Å². The van der Waals surface area contributed by atoms with E-state index in [1.165, 1.54) is 6.20 Å². The van der Waals surface area contributed by atoms with Crippen LogP contribution in [0.25, 0.3) is 16.7 Å². The van der Waals surface area contributed by atoms with E-state index in [0.717, 1.165) is 11.9 Å². The second kappa shape index (κ2) is 6.42. The predicted octanol–water partition coefficient (Wildman–Crippen LogP) is 0.0699. The minimum absolute atomic E-state index is 0.179. The summed E-state index contributed by atoms with van der Waals surface area (Å²) in [6.07, 6.45) is 2.54. The number of rotatable bonds is 6. The summed E-state index contributed by atoms with van der Waals surface area (Å²) in [5, 5.41) is 7.47. The van der Waals surface area contributed by atoms with Gasteiger partial charge in [0.2, 0.25) is 16.0 Å². The summed E-state index contributed by atoms with van der Waals surface area (Å²) in [5.41, 5.74) is 0.888. The van der Waals surface area contributed by atoms with Gasteiger partial charge in [0.15, 0.2) is 5.65 Å². The highest BCUT2D eigenvalue weighted by atomic mass is 32.2. The number of hydrogen-bond acceptors (Lipinski definition) is 6. The van der Waals surface area contributed by atoms with Crippen molar-refractivity contribution in [3.63, 3.8) is 0 Å². The highest BCUT2D eigenvalue weighted by Gasteiger charge is 2.11. The van der Waals surface area contributed by atoms with Crippen molar-refractivity contribution >= 4 is 27.0 Å². The second-order valence-corrected chi connectivity index (χ2v) is 6.97. The fourth-order valence-corrected chi connectivity index (χ4v) is 2.65. The van der Waals surface area contributed by atoms with Crippen LogP contribution >= 0.6 is 0 Å². The number of aromatic amines is 1. The highest BCUT2D eigenvalue weighted by Crippen LogP contribution is 2.14. The maximum atomic E-state index is 12.1. The Morgan fingerprint density at radius 3 is 2.67 bits per heavy atom. The highest BCUT2D eigenvalue weighted by molar-refractivity contribution is 7.88. The number of aromatic nitrogens is 4. The lowest BCUT2D eigenvalue weighted by Crippen LogP contribution is -2.28. The van der Waals surface area contributed by atoms with Gasteiger partial charge in [-0.1, -0.05) is 18.2 Å². The van der Waals surface area contributed by atoms with Gasteiger partial charge in [-0.2, -0.15) is 10.1 Å². The Balaban J connectivity index is 1.87. The Morgan fingerprint density at radius 2 is 1.96 bits per heavy atom. The first-order valence-corrected chi connectivity index (χ1v) is 9.05. The number of para-hydroxylation sites is 1. The number of nitrogens with zero attached hydrogens (tertiary/aromatic N) is 3. The van der Waals surface area contributed by atoms with Crippen LogP contribution in [0.2, 0.25) is 0 Å². The van der Waals surface area contributed by atoms with E-state index in [1.54, 1.807) is 4.68 Å². The summed E-state index contributed by atoms with van der Waals surface area (Å²) in [4.78, 5) is 19.1. The van der Waals surface area contributed by atoms with Crippen LogP contribution in [0.15, 0.2) is 41.3 Å². The van der Waals surface area contributed by atoms with Gasteiger partial charge in [-0.05, 0) is 12.1 Å². The topological polar surface area (TPSA) is 122 Å². The van der Waals surface area contributed by atoms with E-state index in [4.69, 9.17) is 0 Å². The lowest BCUT2D eigenvalue weighted by atomic mass is 10.3. The molecule has 126 valence electrons. The lowest BCUT2D eigenvalue weighted by molar-refractivity contribution is 0.589. The van der Waals surface area contributed by atoms with E-state index in [1.807, 2.05) is 30.3 Å². The summed E-state index contributed by atoms with van der Waals surface area (Å²) in [6.45, 7) is 0.458. The zero-order chi connectivity index (χ0) is 17.2. The van der Waals surface area contributed by atoms with Gasteiger partial charge in [-0.15, -0.1) is 0 Å². The standard InChI is InChI=1S/C14H16N6O3S/c1-24(22,23)17-8-7-15-14-18-12-11(13(21)19-14)9-16-20(12)10-5-3-2-4-6-10/h2-6,9,17H,7-8H2,1H3,(H2,15,18,19,21). The molecule has 0 fully saturated rings. The molecule has 2 aromatic heterocycles. The van der Waals surface area contributed by atoms with Crippen LogP contribution in [0.1, 0.15) is 0 Å². The molecule has 1 aromatic carbocycles. The zero-order valence-corrected chi connectivity index (χ0v) is 13.7. The Morgan fingerprint density at radius 1 is 1.21 bits per heavy atom. The molecule has 0 saturated heterocycles. The van der Waals surface area contributed by atoms with Gasteiger partial charge in [-0.3, -0.25) is 9.78 Å². The Hall–Kier alpha value is -2.72. The van der Waals surface area contributed by atoms with Gasteiger partial charge < -0.3 is 5.32 Å². The fraction of sp³-hybridized carbons (Fsp3) is 0.214. The smallest absolute Gasteiger partial charge is 0.263 e. The van der Waals surface area contributed by atoms with Crippen LogP contribution < -0.4 is 15.6 Å². The molecule has 0 aliphatic rings. The van der Waals surface area contributed by atoms with E-state index < -0.39 is 10.0 Å². The van der Waals surface area contributed by atoms with Gasteiger partial charge in [0.25, 0.3) is 5.56 Å². The summed E-state index contributed by atoms with van der Waals surface area (Å²) < 4.78 is 26.0. The fourth-order valence-electron chi connectivity index (χ4n) is 2.18. The molecule has 0 saturated carbocycles. The van der Waals surface area contributed by atoms with Gasteiger partial charge in [0.05, 0.1) is 18.1 Å². The van der Waals surface area contributed by atoms with Crippen LogP contribution in [0.5, 0.6) is 0 Å². The largest absolute Gasteiger partial charge is 0.354 e. The summed E-state index contributed by atoms with van der Waals surface area (Å²) >= 11 is 0. The van der Waals surface area contributed by atoms with Gasteiger partial charge in [0, 0.05) is 13.1 Å². The average Bonchev–Trinajstić information content (AvgIpc) is 2.96. The van der Waals surface area contributed by atoms with Gasteiger partial charge in [-0.25, -0.2) is 17.8 Å². The molecule has 3 N–H and O–H groups in total. The van der Waals surface area contributed by atoms with E-state index >= 15 is 0 Å². The third kappa shape index (κ3) is 3.60. The van der Waals surface area contributed by atoms with Crippen LogP contribution in [0.4, 0.5) is 5.95 Å². The van der Waals surface area contributed by atoms with Crippen molar-refractivity contribution in [3.05, 3.63) is 46.9 Å². The molecule has 0 bridgehead atoms. The first-order valence-electron chi connectivity index (χ1n) is 7.16. The van der Waals surface area contributed by atoms with Crippen molar-refractivity contribution in [1.82, 2.24) is 24.5 Å². The molecule has 10 heteroatoms. The monoisotopic (exact) mass is 348 g/mol. The quantitative estimate of drug-likeness (QED) is 0.542. The molecule has 9 nitrogen and oxygen atoms in total. The molecule has 0 unspecified atom stereocenters. The zero-order valence-electron chi connectivity index (χ0n) is 12.9. The molecule has 2 heterocycles. The summed E-state index contributed by atoms with van der Waals surface area (Å²) in [5.74, 6) is 0.250. The van der Waals surface area contributed by atoms with Crippen LogP contribution in [-0.2, 0) is 10.0 Å². The Kier molecular flexibility index (Phi) is 4.32. The number of hydrogen-bond donors (Lipinski definition) is 3. The number of nitrogens with one attached hydrogen (secondary N) is 3. The molecule has 3 aromatic rings. The molecule has 3 rings (SSSR count). The Labute approximate surface area is 137 Å². The molecule has 0 spiro atoms. The first kappa shape index (κ1) is 16.1. The number of H-pyrrole nitrogens is 1. The molecule has 0 atom stereocenters. The second-order valence-electron chi connectivity index (χ2n) is 5.14. The van der Waals surface area contributed by atoms with Gasteiger partial charge in [0.1, 0.15) is 5.39 Å². The van der Waals surface area contributed by atoms with Crippen molar-refractivity contribution < 1.29 is 8.42 Å². The van der Waals surface area contributed by atoms with Crippen LogP contribution in [0.3, 0.4) is 0 Å². The number of anilines is 1. The summed E-state index contributed by atoms with van der Waals surface area (Å²) in [7, 11) is -3.25. The molecule has 0 radical (unpaired) electrons. The molecule has 0 aliphatic carbocycles. The van der Waals surface area contributed by atoms with E-state index in [9.17, 15) is 13.2 Å². The normalized spacial score (nSPS) is 11.7. The first-order chi connectivity index (χ1) is 11.4. The van der Waals surface area contributed by atoms with Crippen molar-refractivity contribution in [3.8, 4) is 5.69 Å². The molecular formula is C14H16N6O3S. The third-order valence-electron chi connectivity index (χ3n) is 3.22. The number of benzene rings is 1. The minimum atomic E-state index is -3.25. The van der Waals surface area contributed by atoms with Crippen molar-refractivity contribution in [2.75, 3.05) is 24.7 Å². The molecular weight excluding hydrogens is 332 g/mol. The average molecular weight is 348 g/mol. The minimum Gasteiger partial charge on any atom is -0.354 e. The third-order valence-corrected chi connectivity index (χ3v) is 3.95. The van der Waals surface area contributed by atoms with Crippen LogP contribution in [0, 0.1) is 0 Å². The molecule has 0 amide bonds. The van der Waals surface area contributed by atoms with Crippen molar-refractivity contribution in [1.29, 1.82) is 0 Å². The predicted molar refractivity (Wildman–Crippen MR) is 90.8 cm³/mol.